The Morgan fingerprint density at radius 1 is 1.07 bits per heavy atom. The van der Waals surface area contributed by atoms with E-state index in [-0.39, 0.29) is 28.5 Å². The number of aryl methyl sites for hydroxylation is 1. The molecule has 6 nitrogen and oxygen atoms in total. The highest BCUT2D eigenvalue weighted by atomic mass is 16.6. The highest BCUT2D eigenvalue weighted by Crippen LogP contribution is 2.57. The third-order valence-corrected chi connectivity index (χ3v) is 7.35. The van der Waals surface area contributed by atoms with Gasteiger partial charge in [-0.3, -0.25) is 25.0 Å². The van der Waals surface area contributed by atoms with E-state index < -0.39 is 16.2 Å². The minimum atomic E-state index is -0.642. The topological polar surface area (TPSA) is 89.3 Å². The number of imide groups is 1. The van der Waals surface area contributed by atoms with Crippen LogP contribution in [0, 0.1) is 21.4 Å². The monoisotopic (exact) mass is 406 g/mol. The van der Waals surface area contributed by atoms with Gasteiger partial charge < -0.3 is 0 Å². The lowest BCUT2D eigenvalue weighted by Gasteiger charge is -2.54. The number of nitrogens with one attached hydrogen (secondary N) is 1. The largest absolute Gasteiger partial charge is 0.292 e. The summed E-state index contributed by atoms with van der Waals surface area (Å²) in [4.78, 5) is 36.3. The normalized spacial score (nSPS) is 27.5. The number of benzene rings is 2. The first-order chi connectivity index (χ1) is 14.3. The number of nitro benzene ring substituents is 1. The molecule has 4 rings (SSSR count). The number of amides is 2. The molecule has 1 saturated carbocycles. The Labute approximate surface area is 175 Å². The van der Waals surface area contributed by atoms with Crippen molar-refractivity contribution in [2.75, 3.05) is 0 Å². The second-order valence-corrected chi connectivity index (χ2v) is 9.02. The number of carbonyl (C=O) groups excluding carboxylic acids is 2. The Kier molecular flexibility index (Phi) is 4.96. The Bertz CT molecular complexity index is 1020. The molecule has 0 aromatic heterocycles. The zero-order valence-corrected chi connectivity index (χ0v) is 17.3. The summed E-state index contributed by atoms with van der Waals surface area (Å²) in [5.74, 6) is -0.612. The summed E-state index contributed by atoms with van der Waals surface area (Å²) in [6, 6.07) is 13.8. The van der Waals surface area contributed by atoms with Crippen molar-refractivity contribution < 1.29 is 14.5 Å². The van der Waals surface area contributed by atoms with Gasteiger partial charge in [0.05, 0.1) is 10.3 Å². The molecule has 6 heteroatoms. The van der Waals surface area contributed by atoms with Crippen LogP contribution in [0.5, 0.6) is 0 Å². The van der Waals surface area contributed by atoms with Crippen molar-refractivity contribution in [3.8, 4) is 0 Å². The van der Waals surface area contributed by atoms with E-state index in [1.54, 1.807) is 0 Å². The van der Waals surface area contributed by atoms with Crippen LogP contribution in [0.1, 0.15) is 61.0 Å². The SMILES string of the molecule is C[C@]1(C(=O)NC(=O)c2ccc([N+](=O)[O-])cc2)CCC[C@]2(C)c3ccccc3CCC12. The number of nitrogens with zero attached hydrogens (tertiary/aromatic N) is 1. The van der Waals surface area contributed by atoms with Crippen LogP contribution in [0.2, 0.25) is 0 Å². The Hall–Kier alpha value is -3.02. The van der Waals surface area contributed by atoms with E-state index in [0.717, 1.165) is 32.1 Å². The summed E-state index contributed by atoms with van der Waals surface area (Å²) in [7, 11) is 0. The van der Waals surface area contributed by atoms with Crippen LogP contribution < -0.4 is 5.32 Å². The van der Waals surface area contributed by atoms with Gasteiger partial charge in [0, 0.05) is 17.7 Å². The minimum Gasteiger partial charge on any atom is -0.292 e. The standard InChI is InChI=1S/C24H26N2O4/c1-23-14-5-15-24(2,20(23)13-10-16-6-3-4-7-19(16)23)22(28)25-21(27)17-8-11-18(12-9-17)26(29)30/h3-4,6-9,11-12,20H,5,10,13-15H2,1-2H3,(H,25,27,28)/t20?,23-,24+/m1/s1. The number of carbonyl (C=O) groups is 2. The van der Waals surface area contributed by atoms with Crippen molar-refractivity contribution in [3.05, 3.63) is 75.3 Å². The van der Waals surface area contributed by atoms with Crippen LogP contribution in [-0.2, 0) is 16.6 Å². The lowest BCUT2D eigenvalue weighted by molar-refractivity contribution is -0.384. The summed E-state index contributed by atoms with van der Waals surface area (Å²) in [5.41, 5.74) is 2.12. The first-order valence-electron chi connectivity index (χ1n) is 10.4. The van der Waals surface area contributed by atoms with Gasteiger partial charge in [-0.15, -0.1) is 0 Å². The van der Waals surface area contributed by atoms with Crippen molar-refractivity contribution in [3.63, 3.8) is 0 Å². The number of nitro groups is 1. The van der Waals surface area contributed by atoms with Crippen LogP contribution in [0.3, 0.4) is 0 Å². The molecular weight excluding hydrogens is 380 g/mol. The van der Waals surface area contributed by atoms with E-state index in [9.17, 15) is 19.7 Å². The molecule has 0 radical (unpaired) electrons. The Balaban J connectivity index is 1.58. The fourth-order valence-corrected chi connectivity index (χ4v) is 5.75. The predicted molar refractivity (Wildman–Crippen MR) is 113 cm³/mol. The zero-order chi connectivity index (χ0) is 21.5. The number of hydrogen-bond donors (Lipinski definition) is 1. The molecule has 2 aromatic rings. The molecule has 2 aromatic carbocycles. The molecule has 1 N–H and O–H groups in total. The molecule has 0 heterocycles. The fourth-order valence-electron chi connectivity index (χ4n) is 5.75. The summed E-state index contributed by atoms with van der Waals surface area (Å²) in [5, 5.41) is 13.4. The van der Waals surface area contributed by atoms with Crippen molar-refractivity contribution in [1.29, 1.82) is 0 Å². The van der Waals surface area contributed by atoms with Crippen LogP contribution >= 0.6 is 0 Å². The van der Waals surface area contributed by atoms with Crippen LogP contribution in [0.25, 0.3) is 0 Å². The van der Waals surface area contributed by atoms with E-state index in [2.05, 4.69) is 36.5 Å². The van der Waals surface area contributed by atoms with Crippen molar-refractivity contribution in [2.45, 2.75) is 51.4 Å². The third kappa shape index (κ3) is 3.20. The maximum atomic E-state index is 13.3. The van der Waals surface area contributed by atoms with Crippen LogP contribution in [-0.4, -0.2) is 16.7 Å². The Morgan fingerprint density at radius 3 is 2.47 bits per heavy atom. The van der Waals surface area contributed by atoms with E-state index in [0.29, 0.717) is 0 Å². The molecule has 2 amide bonds. The maximum absolute atomic E-state index is 13.3. The lowest BCUT2D eigenvalue weighted by atomic mass is 9.49. The van der Waals surface area contributed by atoms with Gasteiger partial charge in [0.25, 0.3) is 11.6 Å². The van der Waals surface area contributed by atoms with Gasteiger partial charge in [0.2, 0.25) is 5.91 Å². The summed E-state index contributed by atoms with van der Waals surface area (Å²) in [6.45, 7) is 4.25. The van der Waals surface area contributed by atoms with Gasteiger partial charge >= 0.3 is 0 Å². The molecule has 3 atom stereocenters. The van der Waals surface area contributed by atoms with Crippen molar-refractivity contribution in [2.24, 2.45) is 11.3 Å². The molecule has 2 aliphatic carbocycles. The number of rotatable bonds is 3. The molecule has 0 bridgehead atoms. The van der Waals surface area contributed by atoms with Crippen LogP contribution in [0.15, 0.2) is 48.5 Å². The summed E-state index contributed by atoms with van der Waals surface area (Å²) < 4.78 is 0. The molecule has 1 unspecified atom stereocenters. The van der Waals surface area contributed by atoms with Crippen LogP contribution in [0.4, 0.5) is 5.69 Å². The molecule has 1 fully saturated rings. The Morgan fingerprint density at radius 2 is 1.77 bits per heavy atom. The molecule has 0 aliphatic heterocycles. The van der Waals surface area contributed by atoms with E-state index >= 15 is 0 Å². The minimum absolute atomic E-state index is 0.0877. The second-order valence-electron chi connectivity index (χ2n) is 9.02. The molecular formula is C24H26N2O4. The fraction of sp³-hybridized carbons (Fsp3) is 0.417. The predicted octanol–water partition coefficient (Wildman–Crippen LogP) is 4.56. The first kappa shape index (κ1) is 20.3. The number of fused-ring (bicyclic) bond motifs is 3. The average molecular weight is 406 g/mol. The van der Waals surface area contributed by atoms with E-state index in [1.807, 2.05) is 6.92 Å². The average Bonchev–Trinajstić information content (AvgIpc) is 2.73. The molecule has 156 valence electrons. The third-order valence-electron chi connectivity index (χ3n) is 7.35. The smallest absolute Gasteiger partial charge is 0.269 e. The van der Waals surface area contributed by atoms with Gasteiger partial charge in [-0.2, -0.15) is 0 Å². The van der Waals surface area contributed by atoms with Crippen molar-refractivity contribution >= 4 is 17.5 Å². The zero-order valence-electron chi connectivity index (χ0n) is 17.3. The lowest BCUT2D eigenvalue weighted by Crippen LogP contribution is -2.56. The number of non-ortho nitro benzene ring substituents is 1. The molecule has 30 heavy (non-hydrogen) atoms. The van der Waals surface area contributed by atoms with E-state index in [4.69, 9.17) is 0 Å². The van der Waals surface area contributed by atoms with Gasteiger partial charge in [-0.25, -0.2) is 0 Å². The highest BCUT2D eigenvalue weighted by molar-refractivity contribution is 6.06. The van der Waals surface area contributed by atoms with Crippen molar-refractivity contribution in [1.82, 2.24) is 5.32 Å². The van der Waals surface area contributed by atoms with Gasteiger partial charge in [0.1, 0.15) is 0 Å². The summed E-state index contributed by atoms with van der Waals surface area (Å²) in [6.07, 6.45) is 4.57. The van der Waals surface area contributed by atoms with Gasteiger partial charge in [-0.05, 0) is 60.3 Å². The summed E-state index contributed by atoms with van der Waals surface area (Å²) >= 11 is 0. The molecule has 0 spiro atoms. The maximum Gasteiger partial charge on any atom is 0.269 e. The molecule has 0 saturated heterocycles. The second kappa shape index (κ2) is 7.35. The van der Waals surface area contributed by atoms with Gasteiger partial charge in [-0.1, -0.05) is 44.5 Å². The first-order valence-corrected chi connectivity index (χ1v) is 10.4. The van der Waals surface area contributed by atoms with E-state index in [1.165, 1.54) is 35.4 Å². The number of hydrogen-bond acceptors (Lipinski definition) is 4. The quantitative estimate of drug-likeness (QED) is 0.460. The highest BCUT2D eigenvalue weighted by Gasteiger charge is 2.55. The van der Waals surface area contributed by atoms with Gasteiger partial charge in [0.15, 0.2) is 0 Å². The molecule has 2 aliphatic rings.